The molecule has 0 atom stereocenters. The van der Waals surface area contributed by atoms with Crippen LogP contribution in [0.25, 0.3) is 0 Å². The number of rotatable bonds is 4. The number of hydrogen-bond acceptors (Lipinski definition) is 5. The van der Waals surface area contributed by atoms with Crippen molar-refractivity contribution in [1.29, 1.82) is 5.26 Å². The normalized spacial score (nSPS) is 10.8. The molecule has 0 unspecified atom stereocenters. The molecule has 19 heavy (non-hydrogen) atoms. The molecule has 1 aromatic heterocycles. The number of carbonyl (C=O) groups excluding carboxylic acids is 1. The fraction of sp³-hybridized carbons (Fsp3) is 0.417. The molecule has 0 aliphatic carbocycles. The summed E-state index contributed by atoms with van der Waals surface area (Å²) in [6.07, 6.45) is 0.450. The molecule has 1 rings (SSSR count). The standard InChI is InChI=1S/C12H15N3O3S/c1-4-7-19(17,18)11-6-5-9(12(16)15(2)3)14-10(11)8-13/h5-6H,4,7H2,1-3H3. The van der Waals surface area contributed by atoms with Gasteiger partial charge < -0.3 is 4.90 Å². The summed E-state index contributed by atoms with van der Waals surface area (Å²) < 4.78 is 23.9. The van der Waals surface area contributed by atoms with Gasteiger partial charge in [-0.1, -0.05) is 6.92 Å². The summed E-state index contributed by atoms with van der Waals surface area (Å²) in [5.41, 5.74) is -0.182. The van der Waals surface area contributed by atoms with E-state index in [4.69, 9.17) is 5.26 Å². The van der Waals surface area contributed by atoms with Crippen LogP contribution in [0, 0.1) is 11.3 Å². The molecule has 0 radical (unpaired) electrons. The van der Waals surface area contributed by atoms with E-state index in [-0.39, 0.29) is 27.9 Å². The first-order valence-corrected chi connectivity index (χ1v) is 7.34. The first-order chi connectivity index (χ1) is 8.83. The van der Waals surface area contributed by atoms with E-state index in [1.807, 2.05) is 0 Å². The molecule has 7 heteroatoms. The fourth-order valence-corrected chi connectivity index (χ4v) is 2.92. The molecule has 0 N–H and O–H groups in total. The molecule has 102 valence electrons. The Bertz CT molecular complexity index is 630. The van der Waals surface area contributed by atoms with E-state index in [1.54, 1.807) is 27.1 Å². The number of nitriles is 1. The molecule has 0 saturated carbocycles. The Balaban J connectivity index is 3.34. The van der Waals surface area contributed by atoms with Crippen LogP contribution in [0.3, 0.4) is 0 Å². The molecular weight excluding hydrogens is 266 g/mol. The predicted molar refractivity (Wildman–Crippen MR) is 69.3 cm³/mol. The van der Waals surface area contributed by atoms with Gasteiger partial charge in [-0.15, -0.1) is 0 Å². The zero-order valence-corrected chi connectivity index (χ0v) is 11.9. The van der Waals surface area contributed by atoms with Crippen molar-refractivity contribution in [2.45, 2.75) is 18.2 Å². The number of pyridine rings is 1. The molecular formula is C12H15N3O3S. The van der Waals surface area contributed by atoms with Crippen molar-refractivity contribution in [3.63, 3.8) is 0 Å². The lowest BCUT2D eigenvalue weighted by Gasteiger charge is -2.10. The molecule has 6 nitrogen and oxygen atoms in total. The summed E-state index contributed by atoms with van der Waals surface area (Å²) in [5.74, 6) is -0.430. The van der Waals surface area contributed by atoms with Gasteiger partial charge in [0.25, 0.3) is 5.91 Å². The summed E-state index contributed by atoms with van der Waals surface area (Å²) in [4.78, 5) is 16.7. The maximum absolute atomic E-state index is 11.9. The number of nitrogens with zero attached hydrogens (tertiary/aromatic N) is 3. The molecule has 0 bridgehead atoms. The lowest BCUT2D eigenvalue weighted by molar-refractivity contribution is 0.0821. The van der Waals surface area contributed by atoms with Crippen LogP contribution in [0.4, 0.5) is 0 Å². The van der Waals surface area contributed by atoms with Gasteiger partial charge in [0.2, 0.25) is 0 Å². The quantitative estimate of drug-likeness (QED) is 0.815. The van der Waals surface area contributed by atoms with Crippen molar-refractivity contribution < 1.29 is 13.2 Å². The maximum atomic E-state index is 11.9. The fourth-order valence-electron chi connectivity index (χ4n) is 1.50. The third kappa shape index (κ3) is 3.29. The zero-order chi connectivity index (χ0) is 14.6. The van der Waals surface area contributed by atoms with Crippen LogP contribution in [-0.2, 0) is 9.84 Å². The summed E-state index contributed by atoms with van der Waals surface area (Å²) >= 11 is 0. The molecule has 0 fully saturated rings. The second kappa shape index (κ2) is 5.80. The smallest absolute Gasteiger partial charge is 0.271 e. The van der Waals surface area contributed by atoms with Crippen LogP contribution >= 0.6 is 0 Å². The van der Waals surface area contributed by atoms with Gasteiger partial charge in [-0.3, -0.25) is 4.79 Å². The highest BCUT2D eigenvalue weighted by Crippen LogP contribution is 2.17. The third-order valence-electron chi connectivity index (χ3n) is 2.40. The SMILES string of the molecule is CCCS(=O)(=O)c1ccc(C(=O)N(C)C)nc1C#N. The zero-order valence-electron chi connectivity index (χ0n) is 11.0. The van der Waals surface area contributed by atoms with Gasteiger partial charge in [0, 0.05) is 14.1 Å². The van der Waals surface area contributed by atoms with Crippen molar-refractivity contribution >= 4 is 15.7 Å². The first-order valence-electron chi connectivity index (χ1n) is 5.69. The lowest BCUT2D eigenvalue weighted by atomic mass is 10.3. The molecule has 0 spiro atoms. The third-order valence-corrected chi connectivity index (χ3v) is 4.34. The van der Waals surface area contributed by atoms with Crippen LogP contribution in [0.15, 0.2) is 17.0 Å². The van der Waals surface area contributed by atoms with Crippen molar-refractivity contribution in [2.75, 3.05) is 19.8 Å². The predicted octanol–water partition coefficient (Wildman–Crippen LogP) is 0.839. The van der Waals surface area contributed by atoms with Gasteiger partial charge in [-0.25, -0.2) is 13.4 Å². The number of amides is 1. The minimum absolute atomic E-state index is 0.0513. The molecule has 0 saturated heterocycles. The average molecular weight is 281 g/mol. The lowest BCUT2D eigenvalue weighted by Crippen LogP contribution is -2.23. The molecule has 0 aliphatic heterocycles. The van der Waals surface area contributed by atoms with E-state index in [1.165, 1.54) is 17.0 Å². The maximum Gasteiger partial charge on any atom is 0.271 e. The number of carbonyl (C=O) groups is 1. The van der Waals surface area contributed by atoms with E-state index >= 15 is 0 Å². The Hall–Kier alpha value is -1.94. The van der Waals surface area contributed by atoms with E-state index in [2.05, 4.69) is 4.98 Å². The number of sulfone groups is 1. The highest BCUT2D eigenvalue weighted by molar-refractivity contribution is 7.91. The monoisotopic (exact) mass is 281 g/mol. The van der Waals surface area contributed by atoms with Crippen LogP contribution in [-0.4, -0.2) is 44.1 Å². The molecule has 0 aliphatic rings. The minimum Gasteiger partial charge on any atom is -0.343 e. The first kappa shape index (κ1) is 15.1. The van der Waals surface area contributed by atoms with E-state index in [0.29, 0.717) is 6.42 Å². The highest BCUT2D eigenvalue weighted by atomic mass is 32.2. The summed E-state index contributed by atoms with van der Waals surface area (Å²) in [6.45, 7) is 1.74. The number of aromatic nitrogens is 1. The Morgan fingerprint density at radius 2 is 2.05 bits per heavy atom. The van der Waals surface area contributed by atoms with Gasteiger partial charge in [0.1, 0.15) is 16.7 Å². The summed E-state index contributed by atoms with van der Waals surface area (Å²) in [6, 6.07) is 4.33. The molecule has 1 heterocycles. The van der Waals surface area contributed by atoms with Crippen molar-refractivity contribution in [3.05, 3.63) is 23.5 Å². The topological polar surface area (TPSA) is 91.1 Å². The Morgan fingerprint density at radius 1 is 1.42 bits per heavy atom. The summed E-state index contributed by atoms with van der Waals surface area (Å²) in [5, 5.41) is 8.99. The van der Waals surface area contributed by atoms with Crippen LogP contribution in [0.5, 0.6) is 0 Å². The summed E-state index contributed by atoms with van der Waals surface area (Å²) in [7, 11) is -0.419. The van der Waals surface area contributed by atoms with Gasteiger partial charge in [-0.2, -0.15) is 5.26 Å². The van der Waals surface area contributed by atoms with Gasteiger partial charge >= 0.3 is 0 Å². The van der Waals surface area contributed by atoms with E-state index in [9.17, 15) is 13.2 Å². The van der Waals surface area contributed by atoms with Crippen molar-refractivity contribution in [2.24, 2.45) is 0 Å². The van der Waals surface area contributed by atoms with Gasteiger partial charge in [-0.05, 0) is 18.6 Å². The van der Waals surface area contributed by atoms with E-state index < -0.39 is 9.84 Å². The molecule has 1 aromatic rings. The van der Waals surface area contributed by atoms with Crippen LogP contribution < -0.4 is 0 Å². The van der Waals surface area contributed by atoms with E-state index in [0.717, 1.165) is 0 Å². The van der Waals surface area contributed by atoms with Crippen LogP contribution in [0.1, 0.15) is 29.5 Å². The van der Waals surface area contributed by atoms with Crippen LogP contribution in [0.2, 0.25) is 0 Å². The van der Waals surface area contributed by atoms with Crippen molar-refractivity contribution in [1.82, 2.24) is 9.88 Å². The highest BCUT2D eigenvalue weighted by Gasteiger charge is 2.21. The Kier molecular flexibility index (Phi) is 4.62. The van der Waals surface area contributed by atoms with Gasteiger partial charge in [0.15, 0.2) is 15.5 Å². The van der Waals surface area contributed by atoms with Gasteiger partial charge in [0.05, 0.1) is 5.75 Å². The number of hydrogen-bond donors (Lipinski definition) is 0. The molecule has 1 amide bonds. The second-order valence-electron chi connectivity index (χ2n) is 4.17. The minimum atomic E-state index is -3.53. The average Bonchev–Trinajstić information content (AvgIpc) is 2.36. The second-order valence-corrected chi connectivity index (χ2v) is 6.25. The largest absolute Gasteiger partial charge is 0.343 e. The Morgan fingerprint density at radius 3 is 2.53 bits per heavy atom. The Labute approximate surface area is 112 Å². The molecule has 0 aromatic carbocycles. The van der Waals surface area contributed by atoms with Crippen molar-refractivity contribution in [3.8, 4) is 6.07 Å².